The summed E-state index contributed by atoms with van der Waals surface area (Å²) in [6.07, 6.45) is 0.843. The van der Waals surface area contributed by atoms with Crippen molar-refractivity contribution in [2.24, 2.45) is 0 Å². The zero-order valence-electron chi connectivity index (χ0n) is 12.5. The van der Waals surface area contributed by atoms with Gasteiger partial charge in [0.25, 0.3) is 0 Å². The molecule has 21 heavy (non-hydrogen) atoms. The van der Waals surface area contributed by atoms with Gasteiger partial charge in [-0.1, -0.05) is 12.1 Å². The summed E-state index contributed by atoms with van der Waals surface area (Å²) in [7, 11) is 1.58. The van der Waals surface area contributed by atoms with E-state index >= 15 is 0 Å². The lowest BCUT2D eigenvalue weighted by Crippen LogP contribution is -2.30. The molecule has 0 aliphatic heterocycles. The zero-order valence-corrected chi connectivity index (χ0v) is 13.3. The number of amides is 2. The van der Waals surface area contributed by atoms with Gasteiger partial charge in [-0.2, -0.15) is 0 Å². The van der Waals surface area contributed by atoms with Gasteiger partial charge in [-0.3, -0.25) is 0 Å². The normalized spacial score (nSPS) is 10.2. The highest BCUT2D eigenvalue weighted by Crippen LogP contribution is 2.23. The fourth-order valence-corrected chi connectivity index (χ4v) is 2.96. The smallest absolute Gasteiger partial charge is 0.319 e. The van der Waals surface area contributed by atoms with E-state index in [-0.39, 0.29) is 6.03 Å². The Morgan fingerprint density at radius 3 is 2.71 bits per heavy atom. The average molecular weight is 304 g/mol. The molecule has 0 atom stereocenters. The molecule has 5 heteroatoms. The van der Waals surface area contributed by atoms with Crippen molar-refractivity contribution in [1.82, 2.24) is 5.32 Å². The number of para-hydroxylation sites is 2. The molecule has 1 aromatic carbocycles. The molecule has 2 rings (SSSR count). The van der Waals surface area contributed by atoms with Crippen LogP contribution in [-0.2, 0) is 6.42 Å². The van der Waals surface area contributed by atoms with Crippen molar-refractivity contribution in [2.45, 2.75) is 20.3 Å². The first-order valence-electron chi connectivity index (χ1n) is 6.83. The standard InChI is InChI=1S/C16H20N2O2S/c1-11-12(2)21-10-13(11)8-9-17-16(19)18-14-6-4-5-7-15(14)20-3/h4-7,10H,8-9H2,1-3H3,(H2,17,18,19). The largest absolute Gasteiger partial charge is 0.495 e. The third kappa shape index (κ3) is 3.98. The van der Waals surface area contributed by atoms with Gasteiger partial charge in [0.1, 0.15) is 5.75 Å². The van der Waals surface area contributed by atoms with Gasteiger partial charge < -0.3 is 15.4 Å². The Bertz CT molecular complexity index is 622. The highest BCUT2D eigenvalue weighted by molar-refractivity contribution is 7.10. The van der Waals surface area contributed by atoms with E-state index in [2.05, 4.69) is 29.9 Å². The van der Waals surface area contributed by atoms with Crippen LogP contribution < -0.4 is 15.4 Å². The van der Waals surface area contributed by atoms with Crippen molar-refractivity contribution < 1.29 is 9.53 Å². The Balaban J connectivity index is 1.84. The molecule has 2 aromatic rings. The molecule has 0 radical (unpaired) electrons. The minimum Gasteiger partial charge on any atom is -0.495 e. The Hall–Kier alpha value is -2.01. The first-order valence-corrected chi connectivity index (χ1v) is 7.71. The number of benzene rings is 1. The predicted octanol–water partition coefficient (Wildman–Crippen LogP) is 3.74. The number of hydrogen-bond donors (Lipinski definition) is 2. The summed E-state index contributed by atoms with van der Waals surface area (Å²) in [5.74, 6) is 0.650. The molecule has 0 spiro atoms. The highest BCUT2D eigenvalue weighted by atomic mass is 32.1. The lowest BCUT2D eigenvalue weighted by molar-refractivity contribution is 0.252. The first-order chi connectivity index (χ1) is 10.1. The number of methoxy groups -OCH3 is 1. The molecule has 2 amide bonds. The van der Waals surface area contributed by atoms with Crippen molar-refractivity contribution in [3.05, 3.63) is 45.6 Å². The maximum Gasteiger partial charge on any atom is 0.319 e. The summed E-state index contributed by atoms with van der Waals surface area (Å²) in [5.41, 5.74) is 3.29. The second-order valence-electron chi connectivity index (χ2n) is 4.77. The minimum absolute atomic E-state index is 0.218. The van der Waals surface area contributed by atoms with E-state index in [1.165, 1.54) is 16.0 Å². The molecule has 4 nitrogen and oxygen atoms in total. The summed E-state index contributed by atoms with van der Waals surface area (Å²) in [5, 5.41) is 7.82. The van der Waals surface area contributed by atoms with Crippen molar-refractivity contribution in [3.8, 4) is 5.75 Å². The monoisotopic (exact) mass is 304 g/mol. The number of ether oxygens (including phenoxy) is 1. The SMILES string of the molecule is COc1ccccc1NC(=O)NCCc1csc(C)c1C. The number of carbonyl (C=O) groups is 1. The zero-order chi connectivity index (χ0) is 15.2. The lowest BCUT2D eigenvalue weighted by atomic mass is 10.1. The van der Waals surface area contributed by atoms with Gasteiger partial charge in [0.05, 0.1) is 12.8 Å². The summed E-state index contributed by atoms with van der Waals surface area (Å²) < 4.78 is 5.20. The maximum atomic E-state index is 11.9. The second-order valence-corrected chi connectivity index (χ2v) is 5.86. The number of thiophene rings is 1. The van der Waals surface area contributed by atoms with Crippen molar-refractivity contribution in [2.75, 3.05) is 19.0 Å². The van der Waals surface area contributed by atoms with Crippen LogP contribution in [0.1, 0.15) is 16.0 Å². The van der Waals surface area contributed by atoms with Crippen LogP contribution in [0.4, 0.5) is 10.5 Å². The fraction of sp³-hybridized carbons (Fsp3) is 0.312. The van der Waals surface area contributed by atoms with Gasteiger partial charge in [0.15, 0.2) is 0 Å². The number of nitrogens with one attached hydrogen (secondary N) is 2. The van der Waals surface area contributed by atoms with E-state index < -0.39 is 0 Å². The molecule has 0 aliphatic rings. The third-order valence-corrected chi connectivity index (χ3v) is 4.48. The van der Waals surface area contributed by atoms with E-state index in [0.717, 1.165) is 6.42 Å². The van der Waals surface area contributed by atoms with Gasteiger partial charge >= 0.3 is 6.03 Å². The first kappa shape index (κ1) is 15.4. The number of aryl methyl sites for hydroxylation is 1. The topological polar surface area (TPSA) is 50.4 Å². The van der Waals surface area contributed by atoms with Crippen molar-refractivity contribution >= 4 is 23.1 Å². The van der Waals surface area contributed by atoms with Crippen LogP contribution in [0.25, 0.3) is 0 Å². The van der Waals surface area contributed by atoms with Crippen LogP contribution in [-0.4, -0.2) is 19.7 Å². The molecule has 0 bridgehead atoms. The van der Waals surface area contributed by atoms with Crippen LogP contribution in [0, 0.1) is 13.8 Å². The lowest BCUT2D eigenvalue weighted by Gasteiger charge is -2.10. The Labute approximate surface area is 129 Å². The van der Waals surface area contributed by atoms with Crippen LogP contribution in [0.5, 0.6) is 5.75 Å². The van der Waals surface area contributed by atoms with E-state index in [4.69, 9.17) is 4.74 Å². The van der Waals surface area contributed by atoms with Gasteiger partial charge in [0.2, 0.25) is 0 Å². The van der Waals surface area contributed by atoms with E-state index in [9.17, 15) is 4.79 Å². The number of anilines is 1. The molecule has 112 valence electrons. The Morgan fingerprint density at radius 2 is 2.05 bits per heavy atom. The quantitative estimate of drug-likeness (QED) is 0.884. The number of carbonyl (C=O) groups excluding carboxylic acids is 1. The molecular formula is C16H20N2O2S. The van der Waals surface area contributed by atoms with Crippen LogP contribution >= 0.6 is 11.3 Å². The second kappa shape index (κ2) is 7.13. The average Bonchev–Trinajstić information content (AvgIpc) is 2.80. The number of urea groups is 1. The maximum absolute atomic E-state index is 11.9. The fourth-order valence-electron chi connectivity index (χ4n) is 2.03. The summed E-state index contributed by atoms with van der Waals surface area (Å²) >= 11 is 1.75. The Kier molecular flexibility index (Phi) is 5.22. The molecule has 0 saturated carbocycles. The molecule has 0 aliphatic carbocycles. The molecule has 0 saturated heterocycles. The van der Waals surface area contributed by atoms with Crippen molar-refractivity contribution in [1.29, 1.82) is 0 Å². The van der Waals surface area contributed by atoms with Crippen LogP contribution in [0.2, 0.25) is 0 Å². The molecule has 0 unspecified atom stereocenters. The molecule has 0 fully saturated rings. The van der Waals surface area contributed by atoms with Gasteiger partial charge in [0, 0.05) is 11.4 Å². The molecular weight excluding hydrogens is 284 g/mol. The Morgan fingerprint density at radius 1 is 1.29 bits per heavy atom. The molecule has 1 heterocycles. The van der Waals surface area contributed by atoms with Crippen LogP contribution in [0.15, 0.2) is 29.6 Å². The highest BCUT2D eigenvalue weighted by Gasteiger charge is 2.07. The van der Waals surface area contributed by atoms with Gasteiger partial charge in [-0.05, 0) is 48.9 Å². The number of rotatable bonds is 5. The third-order valence-electron chi connectivity index (χ3n) is 3.42. The minimum atomic E-state index is -0.218. The summed E-state index contributed by atoms with van der Waals surface area (Å²) in [4.78, 5) is 13.2. The molecule has 2 N–H and O–H groups in total. The molecule has 1 aromatic heterocycles. The van der Waals surface area contributed by atoms with Crippen molar-refractivity contribution in [3.63, 3.8) is 0 Å². The van der Waals surface area contributed by atoms with Crippen LogP contribution in [0.3, 0.4) is 0 Å². The van der Waals surface area contributed by atoms with Gasteiger partial charge in [-0.25, -0.2) is 4.79 Å². The van der Waals surface area contributed by atoms with E-state index in [0.29, 0.717) is 18.0 Å². The predicted molar refractivity (Wildman–Crippen MR) is 87.5 cm³/mol. The summed E-state index contributed by atoms with van der Waals surface area (Å²) in [6, 6.07) is 7.13. The van der Waals surface area contributed by atoms with E-state index in [1.807, 2.05) is 24.3 Å². The van der Waals surface area contributed by atoms with E-state index in [1.54, 1.807) is 18.4 Å². The number of hydrogen-bond acceptors (Lipinski definition) is 3. The van der Waals surface area contributed by atoms with Gasteiger partial charge in [-0.15, -0.1) is 11.3 Å². The summed E-state index contributed by atoms with van der Waals surface area (Å²) in [6.45, 7) is 4.85.